The van der Waals surface area contributed by atoms with E-state index in [2.05, 4.69) is 25.9 Å². The summed E-state index contributed by atoms with van der Waals surface area (Å²) in [6.07, 6.45) is 0.688. The van der Waals surface area contributed by atoms with Gasteiger partial charge >= 0.3 is 0 Å². The third-order valence-corrected chi connectivity index (χ3v) is 3.05. The van der Waals surface area contributed by atoms with Crippen LogP contribution in [0.5, 0.6) is 5.75 Å². The number of aromatic amines is 1. The zero-order valence-corrected chi connectivity index (χ0v) is 11.0. The topological polar surface area (TPSA) is 55.0 Å². The number of aldehydes is 1. The lowest BCUT2D eigenvalue weighted by atomic mass is 10.1. The molecule has 0 amide bonds. The first-order chi connectivity index (χ1) is 8.15. The van der Waals surface area contributed by atoms with Gasteiger partial charge in [0.2, 0.25) is 0 Å². The number of hydrogen-bond donors (Lipinski definition) is 1. The van der Waals surface area contributed by atoms with Crippen molar-refractivity contribution in [2.45, 2.75) is 6.92 Å². The molecule has 1 aromatic carbocycles. The van der Waals surface area contributed by atoms with Gasteiger partial charge in [-0.1, -0.05) is 0 Å². The van der Waals surface area contributed by atoms with Crippen molar-refractivity contribution in [3.63, 3.8) is 0 Å². The lowest BCUT2D eigenvalue weighted by Gasteiger charge is -2.06. The predicted molar refractivity (Wildman–Crippen MR) is 68.4 cm³/mol. The molecule has 0 saturated heterocycles. The van der Waals surface area contributed by atoms with Crippen LogP contribution in [0.4, 0.5) is 0 Å². The molecule has 2 aromatic rings. The van der Waals surface area contributed by atoms with Crippen molar-refractivity contribution in [2.24, 2.45) is 0 Å². The van der Waals surface area contributed by atoms with Gasteiger partial charge in [-0.2, -0.15) is 0 Å². The van der Waals surface area contributed by atoms with Gasteiger partial charge in [-0.25, -0.2) is 4.98 Å². The lowest BCUT2D eigenvalue weighted by Crippen LogP contribution is -1.88. The first-order valence-corrected chi connectivity index (χ1v) is 5.80. The highest BCUT2D eigenvalue weighted by atomic mass is 79.9. The molecule has 0 aliphatic carbocycles. The van der Waals surface area contributed by atoms with Crippen LogP contribution >= 0.6 is 15.9 Å². The van der Waals surface area contributed by atoms with Crippen LogP contribution in [-0.2, 0) is 0 Å². The predicted octanol–water partition coefficient (Wildman–Crippen LogP) is 2.97. The maximum absolute atomic E-state index is 10.7. The van der Waals surface area contributed by atoms with Crippen molar-refractivity contribution >= 4 is 22.2 Å². The molecule has 5 heteroatoms. The fraction of sp³-hybridized carbons (Fsp3) is 0.167. The molecule has 0 aliphatic heterocycles. The molecule has 0 radical (unpaired) electrons. The number of methoxy groups -OCH3 is 1. The minimum atomic E-state index is 0.307. The first-order valence-electron chi connectivity index (χ1n) is 5.01. The highest BCUT2D eigenvalue weighted by molar-refractivity contribution is 9.10. The lowest BCUT2D eigenvalue weighted by molar-refractivity contribution is 0.111. The molecule has 0 aliphatic rings. The highest BCUT2D eigenvalue weighted by Crippen LogP contribution is 2.30. The third-order valence-electron chi connectivity index (χ3n) is 2.48. The number of nitrogens with one attached hydrogen (secondary N) is 1. The number of H-pyrrole nitrogens is 1. The molecule has 1 aromatic heterocycles. The molecular weight excluding hydrogens is 284 g/mol. The number of halogens is 1. The Balaban J connectivity index is 2.52. The summed E-state index contributed by atoms with van der Waals surface area (Å²) in [5, 5.41) is 0. The highest BCUT2D eigenvalue weighted by Gasteiger charge is 2.12. The van der Waals surface area contributed by atoms with Crippen LogP contribution < -0.4 is 4.74 Å². The minimum Gasteiger partial charge on any atom is -0.497 e. The van der Waals surface area contributed by atoms with Crippen molar-refractivity contribution in [3.05, 3.63) is 34.2 Å². The van der Waals surface area contributed by atoms with Crippen molar-refractivity contribution < 1.29 is 9.53 Å². The smallest absolute Gasteiger partial charge is 0.185 e. The molecule has 0 spiro atoms. The number of imidazole rings is 1. The Morgan fingerprint density at radius 2 is 2.24 bits per heavy atom. The van der Waals surface area contributed by atoms with E-state index in [4.69, 9.17) is 4.74 Å². The van der Waals surface area contributed by atoms with E-state index in [0.29, 0.717) is 16.7 Å². The van der Waals surface area contributed by atoms with Gasteiger partial charge in [0, 0.05) is 5.56 Å². The van der Waals surface area contributed by atoms with Crippen LogP contribution in [-0.4, -0.2) is 23.4 Å². The fourth-order valence-electron chi connectivity index (χ4n) is 1.63. The van der Waals surface area contributed by atoms with Crippen molar-refractivity contribution in [2.75, 3.05) is 7.11 Å². The molecular formula is C12H11BrN2O2. The number of aryl methyl sites for hydroxylation is 1. The zero-order chi connectivity index (χ0) is 12.4. The Morgan fingerprint density at radius 3 is 2.76 bits per heavy atom. The van der Waals surface area contributed by atoms with Crippen LogP contribution in [0.15, 0.2) is 22.8 Å². The fourth-order valence-corrected chi connectivity index (χ4v) is 2.14. The summed E-state index contributed by atoms with van der Waals surface area (Å²) in [5.74, 6) is 1.11. The van der Waals surface area contributed by atoms with Crippen LogP contribution in [0.2, 0.25) is 0 Å². The van der Waals surface area contributed by atoms with E-state index in [-0.39, 0.29) is 0 Å². The number of hydrogen-bond acceptors (Lipinski definition) is 3. The van der Waals surface area contributed by atoms with E-state index in [0.717, 1.165) is 22.6 Å². The standard InChI is InChI=1S/C12H11BrN2O2/c1-7-5-8(17-2)3-4-9(7)11-12(13)15-10(6-16)14-11/h3-6H,1-2H3,(H,14,15). The number of rotatable bonds is 3. The summed E-state index contributed by atoms with van der Waals surface area (Å²) in [6.45, 7) is 1.97. The number of ether oxygens (including phenoxy) is 1. The van der Waals surface area contributed by atoms with Gasteiger partial charge in [0.05, 0.1) is 7.11 Å². The van der Waals surface area contributed by atoms with E-state index in [1.807, 2.05) is 25.1 Å². The number of nitrogens with zero attached hydrogens (tertiary/aromatic N) is 1. The Morgan fingerprint density at radius 1 is 1.47 bits per heavy atom. The van der Waals surface area contributed by atoms with Gasteiger partial charge in [0.15, 0.2) is 12.1 Å². The van der Waals surface area contributed by atoms with E-state index in [9.17, 15) is 4.79 Å². The van der Waals surface area contributed by atoms with E-state index in [1.54, 1.807) is 7.11 Å². The molecule has 0 atom stereocenters. The Kier molecular flexibility index (Phi) is 3.28. The Bertz CT molecular complexity index is 564. The summed E-state index contributed by atoms with van der Waals surface area (Å²) >= 11 is 3.36. The van der Waals surface area contributed by atoms with Crippen molar-refractivity contribution in [3.8, 4) is 17.0 Å². The Labute approximate surface area is 107 Å². The molecule has 0 saturated carbocycles. The molecule has 88 valence electrons. The van der Waals surface area contributed by atoms with Crippen LogP contribution in [0.1, 0.15) is 16.2 Å². The van der Waals surface area contributed by atoms with Crippen LogP contribution in [0.3, 0.4) is 0 Å². The van der Waals surface area contributed by atoms with Gasteiger partial charge in [-0.3, -0.25) is 4.79 Å². The van der Waals surface area contributed by atoms with Gasteiger partial charge < -0.3 is 9.72 Å². The maximum atomic E-state index is 10.7. The number of carbonyl (C=O) groups excluding carboxylic acids is 1. The van der Waals surface area contributed by atoms with E-state index >= 15 is 0 Å². The number of benzene rings is 1. The van der Waals surface area contributed by atoms with Gasteiger partial charge in [-0.05, 0) is 46.6 Å². The normalized spacial score (nSPS) is 10.3. The second-order valence-corrected chi connectivity index (χ2v) is 4.38. The molecule has 1 heterocycles. The second kappa shape index (κ2) is 4.71. The molecule has 17 heavy (non-hydrogen) atoms. The SMILES string of the molecule is COc1ccc(-c2nc(C=O)[nH]c2Br)c(C)c1. The summed E-state index contributed by atoms with van der Waals surface area (Å²) in [5.41, 5.74) is 2.73. The number of carbonyl (C=O) groups is 1. The summed E-state index contributed by atoms with van der Waals surface area (Å²) < 4.78 is 5.85. The second-order valence-electron chi connectivity index (χ2n) is 3.58. The van der Waals surface area contributed by atoms with Crippen LogP contribution in [0, 0.1) is 6.92 Å². The Hall–Kier alpha value is -1.62. The average molecular weight is 295 g/mol. The van der Waals surface area contributed by atoms with Crippen molar-refractivity contribution in [1.29, 1.82) is 0 Å². The largest absolute Gasteiger partial charge is 0.497 e. The van der Waals surface area contributed by atoms with Gasteiger partial charge in [0.25, 0.3) is 0 Å². The number of aromatic nitrogens is 2. The molecule has 0 bridgehead atoms. The van der Waals surface area contributed by atoms with Crippen molar-refractivity contribution in [1.82, 2.24) is 9.97 Å². The third kappa shape index (κ3) is 2.24. The van der Waals surface area contributed by atoms with Crippen LogP contribution in [0.25, 0.3) is 11.3 Å². The van der Waals surface area contributed by atoms with E-state index in [1.165, 1.54) is 0 Å². The average Bonchev–Trinajstić information content (AvgIpc) is 2.70. The quantitative estimate of drug-likeness (QED) is 0.886. The summed E-state index contributed by atoms with van der Waals surface area (Å²) in [7, 11) is 1.63. The molecule has 0 fully saturated rings. The van der Waals surface area contributed by atoms with Gasteiger partial charge in [0.1, 0.15) is 16.0 Å². The van der Waals surface area contributed by atoms with Gasteiger partial charge in [-0.15, -0.1) is 0 Å². The molecule has 0 unspecified atom stereocenters. The molecule has 1 N–H and O–H groups in total. The van der Waals surface area contributed by atoms with E-state index < -0.39 is 0 Å². The molecule has 2 rings (SSSR count). The summed E-state index contributed by atoms with van der Waals surface area (Å²) in [6, 6.07) is 5.71. The maximum Gasteiger partial charge on any atom is 0.185 e. The first kappa shape index (κ1) is 11.9. The zero-order valence-electron chi connectivity index (χ0n) is 9.45. The monoisotopic (exact) mass is 294 g/mol. The summed E-state index contributed by atoms with van der Waals surface area (Å²) in [4.78, 5) is 17.7. The minimum absolute atomic E-state index is 0.307. The molecule has 4 nitrogen and oxygen atoms in total.